The second-order valence-corrected chi connectivity index (χ2v) is 5.18. The summed E-state index contributed by atoms with van der Waals surface area (Å²) in [7, 11) is 0. The van der Waals surface area contributed by atoms with Gasteiger partial charge in [-0.1, -0.05) is 30.3 Å². The Balaban J connectivity index is 1.51. The predicted molar refractivity (Wildman–Crippen MR) is 79.4 cm³/mol. The summed E-state index contributed by atoms with van der Waals surface area (Å²) in [4.78, 5) is 11.6. The van der Waals surface area contributed by atoms with Crippen molar-refractivity contribution in [2.75, 3.05) is 6.61 Å². The largest absolute Gasteiger partial charge is 0.494 e. The van der Waals surface area contributed by atoms with Crippen LogP contribution in [0.5, 0.6) is 5.75 Å². The van der Waals surface area contributed by atoms with Gasteiger partial charge in [0.2, 0.25) is 0 Å². The first kappa shape index (κ1) is 12.9. The van der Waals surface area contributed by atoms with Crippen LogP contribution in [-0.4, -0.2) is 12.4 Å². The van der Waals surface area contributed by atoms with E-state index in [4.69, 9.17) is 4.74 Å². The van der Waals surface area contributed by atoms with Crippen molar-refractivity contribution in [1.82, 2.24) is 0 Å². The van der Waals surface area contributed by atoms with Gasteiger partial charge in [0, 0.05) is 12.0 Å². The second-order valence-electron chi connectivity index (χ2n) is 5.18. The predicted octanol–water partition coefficient (Wildman–Crippen LogP) is 3.83. The molecule has 0 amide bonds. The molecule has 0 aromatic heterocycles. The van der Waals surface area contributed by atoms with Crippen molar-refractivity contribution in [2.45, 2.75) is 25.7 Å². The number of hydrogen-bond donors (Lipinski definition) is 0. The zero-order valence-corrected chi connectivity index (χ0v) is 11.5. The maximum absolute atomic E-state index is 11.6. The maximum Gasteiger partial charge on any atom is 0.163 e. The van der Waals surface area contributed by atoms with E-state index in [1.165, 1.54) is 5.56 Å². The van der Waals surface area contributed by atoms with Crippen LogP contribution in [0, 0.1) is 0 Å². The lowest BCUT2D eigenvalue weighted by atomic mass is 10.1. The smallest absolute Gasteiger partial charge is 0.163 e. The lowest BCUT2D eigenvalue weighted by Crippen LogP contribution is -2.00. The molecular weight excluding hydrogens is 248 g/mol. The average Bonchev–Trinajstić information content (AvgIpc) is 2.86. The van der Waals surface area contributed by atoms with Crippen LogP contribution in [0.15, 0.2) is 48.5 Å². The van der Waals surface area contributed by atoms with Gasteiger partial charge in [0.1, 0.15) is 5.75 Å². The van der Waals surface area contributed by atoms with Crippen LogP contribution in [0.3, 0.4) is 0 Å². The fraction of sp³-hybridized carbons (Fsp3) is 0.278. The lowest BCUT2D eigenvalue weighted by molar-refractivity contribution is 0.0994. The average molecular weight is 266 g/mol. The fourth-order valence-corrected chi connectivity index (χ4v) is 2.63. The molecule has 102 valence electrons. The van der Waals surface area contributed by atoms with E-state index in [0.29, 0.717) is 13.0 Å². The van der Waals surface area contributed by atoms with E-state index in [1.807, 2.05) is 24.3 Å². The zero-order valence-electron chi connectivity index (χ0n) is 11.5. The SMILES string of the molecule is O=C1CCc2cc(OCCCc3ccccc3)ccc21. The van der Waals surface area contributed by atoms with Gasteiger partial charge < -0.3 is 4.74 Å². The van der Waals surface area contributed by atoms with Crippen molar-refractivity contribution in [3.8, 4) is 5.75 Å². The standard InChI is InChI=1S/C18H18O2/c19-18-11-8-15-13-16(9-10-17(15)18)20-12-4-7-14-5-2-1-3-6-14/h1-3,5-6,9-10,13H,4,7-8,11-12H2. The second kappa shape index (κ2) is 5.91. The quantitative estimate of drug-likeness (QED) is 0.769. The highest BCUT2D eigenvalue weighted by molar-refractivity contribution is 6.00. The Morgan fingerprint density at radius 1 is 1.00 bits per heavy atom. The summed E-state index contributed by atoms with van der Waals surface area (Å²) in [5.74, 6) is 1.14. The summed E-state index contributed by atoms with van der Waals surface area (Å²) < 4.78 is 5.78. The van der Waals surface area contributed by atoms with Gasteiger partial charge in [0.25, 0.3) is 0 Å². The number of benzene rings is 2. The molecule has 0 spiro atoms. The molecule has 0 saturated heterocycles. The molecule has 2 aromatic rings. The van der Waals surface area contributed by atoms with Crippen LogP contribution in [0.2, 0.25) is 0 Å². The number of ether oxygens (including phenoxy) is 1. The van der Waals surface area contributed by atoms with Crippen LogP contribution in [0.25, 0.3) is 0 Å². The Labute approximate surface area is 119 Å². The maximum atomic E-state index is 11.6. The van der Waals surface area contributed by atoms with Gasteiger partial charge in [-0.05, 0) is 48.6 Å². The Kier molecular flexibility index (Phi) is 3.82. The molecule has 1 aliphatic rings. The lowest BCUT2D eigenvalue weighted by Gasteiger charge is -2.08. The molecule has 0 unspecified atom stereocenters. The van der Waals surface area contributed by atoms with Crippen molar-refractivity contribution < 1.29 is 9.53 Å². The molecular formula is C18H18O2. The summed E-state index contributed by atoms with van der Waals surface area (Å²) in [6, 6.07) is 16.3. The summed E-state index contributed by atoms with van der Waals surface area (Å²) in [6.45, 7) is 0.710. The van der Waals surface area contributed by atoms with Crippen molar-refractivity contribution in [2.24, 2.45) is 0 Å². The Morgan fingerprint density at radius 2 is 1.85 bits per heavy atom. The van der Waals surface area contributed by atoms with Gasteiger partial charge >= 0.3 is 0 Å². The van der Waals surface area contributed by atoms with Gasteiger partial charge in [0.05, 0.1) is 6.61 Å². The van der Waals surface area contributed by atoms with Crippen molar-refractivity contribution in [3.63, 3.8) is 0 Å². The van der Waals surface area contributed by atoms with Crippen LogP contribution in [0.4, 0.5) is 0 Å². The molecule has 0 atom stereocenters. The number of rotatable bonds is 5. The van der Waals surface area contributed by atoms with Crippen molar-refractivity contribution in [3.05, 3.63) is 65.2 Å². The first-order chi connectivity index (χ1) is 9.83. The highest BCUT2D eigenvalue weighted by Crippen LogP contribution is 2.26. The van der Waals surface area contributed by atoms with E-state index in [2.05, 4.69) is 24.3 Å². The van der Waals surface area contributed by atoms with E-state index in [-0.39, 0.29) is 5.78 Å². The Morgan fingerprint density at radius 3 is 2.70 bits per heavy atom. The monoisotopic (exact) mass is 266 g/mol. The van der Waals surface area contributed by atoms with E-state index in [9.17, 15) is 4.79 Å². The number of aryl methyl sites for hydroxylation is 2. The zero-order chi connectivity index (χ0) is 13.8. The molecule has 2 heteroatoms. The van der Waals surface area contributed by atoms with Crippen molar-refractivity contribution in [1.29, 1.82) is 0 Å². The van der Waals surface area contributed by atoms with Crippen molar-refractivity contribution >= 4 is 5.78 Å². The van der Waals surface area contributed by atoms with E-state index in [1.54, 1.807) is 0 Å². The van der Waals surface area contributed by atoms with Crippen LogP contribution in [-0.2, 0) is 12.8 Å². The molecule has 3 rings (SSSR count). The molecule has 0 aliphatic heterocycles. The first-order valence-corrected chi connectivity index (χ1v) is 7.16. The Bertz CT molecular complexity index is 602. The third-order valence-corrected chi connectivity index (χ3v) is 3.72. The topological polar surface area (TPSA) is 26.3 Å². The molecule has 20 heavy (non-hydrogen) atoms. The number of hydrogen-bond acceptors (Lipinski definition) is 2. The third-order valence-electron chi connectivity index (χ3n) is 3.72. The van der Waals surface area contributed by atoms with Gasteiger partial charge in [-0.25, -0.2) is 0 Å². The molecule has 0 fully saturated rings. The summed E-state index contributed by atoms with van der Waals surface area (Å²) in [6.07, 6.45) is 3.53. The number of Topliss-reactive ketones (excluding diaryl/α,β-unsaturated/α-hetero) is 1. The summed E-state index contributed by atoms with van der Waals surface area (Å²) in [5.41, 5.74) is 3.35. The van der Waals surface area contributed by atoms with Crippen LogP contribution in [0.1, 0.15) is 34.3 Å². The third kappa shape index (κ3) is 2.90. The normalized spacial score (nSPS) is 13.3. The van der Waals surface area contributed by atoms with Gasteiger partial charge in [-0.3, -0.25) is 4.79 Å². The minimum absolute atomic E-state index is 0.260. The number of fused-ring (bicyclic) bond motifs is 1. The molecule has 1 aliphatic carbocycles. The number of carbonyl (C=O) groups excluding carboxylic acids is 1. The number of carbonyl (C=O) groups is 1. The Hall–Kier alpha value is -2.09. The molecule has 0 saturated carbocycles. The van der Waals surface area contributed by atoms with Gasteiger partial charge in [-0.2, -0.15) is 0 Å². The minimum atomic E-state index is 0.260. The molecule has 0 radical (unpaired) electrons. The molecule has 2 aromatic carbocycles. The summed E-state index contributed by atoms with van der Waals surface area (Å²) >= 11 is 0. The highest BCUT2D eigenvalue weighted by atomic mass is 16.5. The van der Waals surface area contributed by atoms with Gasteiger partial charge in [-0.15, -0.1) is 0 Å². The highest BCUT2D eigenvalue weighted by Gasteiger charge is 2.19. The fourth-order valence-electron chi connectivity index (χ4n) is 2.63. The van der Waals surface area contributed by atoms with E-state index >= 15 is 0 Å². The van der Waals surface area contributed by atoms with E-state index < -0.39 is 0 Å². The summed E-state index contributed by atoms with van der Waals surface area (Å²) in [5, 5.41) is 0. The molecule has 0 heterocycles. The van der Waals surface area contributed by atoms with Crippen LogP contribution < -0.4 is 4.74 Å². The van der Waals surface area contributed by atoms with E-state index in [0.717, 1.165) is 36.1 Å². The first-order valence-electron chi connectivity index (χ1n) is 7.16. The van der Waals surface area contributed by atoms with Crippen LogP contribution >= 0.6 is 0 Å². The molecule has 0 bridgehead atoms. The van der Waals surface area contributed by atoms with Gasteiger partial charge in [0.15, 0.2) is 5.78 Å². The minimum Gasteiger partial charge on any atom is -0.494 e. The number of ketones is 1. The molecule has 0 N–H and O–H groups in total. The molecule has 2 nitrogen and oxygen atoms in total.